The van der Waals surface area contributed by atoms with E-state index in [-0.39, 0.29) is 24.2 Å². The maximum Gasteiger partial charge on any atom is 0.278 e. The molecule has 0 aliphatic heterocycles. The highest BCUT2D eigenvalue weighted by Crippen LogP contribution is 2.17. The van der Waals surface area contributed by atoms with E-state index in [0.717, 1.165) is 11.3 Å². The fourth-order valence-electron chi connectivity index (χ4n) is 2.74. The van der Waals surface area contributed by atoms with Gasteiger partial charge in [0.05, 0.1) is 13.7 Å². The number of carbonyl (C=O) groups is 1. The van der Waals surface area contributed by atoms with E-state index < -0.39 is 5.91 Å². The number of amides is 1. The van der Waals surface area contributed by atoms with Crippen LogP contribution in [0, 0.1) is 5.82 Å². The Balaban J connectivity index is 1.31. The number of benzene rings is 2. The third-order valence-corrected chi connectivity index (χ3v) is 4.32. The van der Waals surface area contributed by atoms with Gasteiger partial charge >= 0.3 is 0 Å². The number of aromatic nitrogens is 5. The highest BCUT2D eigenvalue weighted by atomic mass is 19.1. The van der Waals surface area contributed by atoms with Gasteiger partial charge in [-0.05, 0) is 48.0 Å². The number of nitrogens with one attached hydrogen (secondary N) is 1. The number of halogens is 1. The van der Waals surface area contributed by atoms with Crippen LogP contribution in [0.25, 0.3) is 0 Å². The number of hydrogen-bond donors (Lipinski definition) is 1. The van der Waals surface area contributed by atoms with Gasteiger partial charge in [0.15, 0.2) is 12.4 Å². The lowest BCUT2D eigenvalue weighted by atomic mass is 10.2. The van der Waals surface area contributed by atoms with Crippen molar-refractivity contribution in [1.29, 1.82) is 0 Å². The van der Waals surface area contributed by atoms with Crippen LogP contribution in [-0.2, 0) is 13.3 Å². The van der Waals surface area contributed by atoms with E-state index in [4.69, 9.17) is 9.47 Å². The van der Waals surface area contributed by atoms with Crippen molar-refractivity contribution < 1.29 is 18.7 Å². The van der Waals surface area contributed by atoms with Gasteiger partial charge in [-0.1, -0.05) is 12.1 Å². The summed E-state index contributed by atoms with van der Waals surface area (Å²) in [4.78, 5) is 16.5. The average Bonchev–Trinajstić information content (AvgIpc) is 3.44. The number of rotatable bonds is 8. The Labute approximate surface area is 177 Å². The number of hydrogen-bond acceptors (Lipinski definition) is 6. The number of carbonyl (C=O) groups excluding carboxylic acids is 1. The van der Waals surface area contributed by atoms with Gasteiger partial charge in [-0.15, -0.1) is 5.10 Å². The summed E-state index contributed by atoms with van der Waals surface area (Å²) in [6.07, 6.45) is 3.12. The Morgan fingerprint density at radius 1 is 1.00 bits per heavy atom. The zero-order valence-electron chi connectivity index (χ0n) is 16.6. The van der Waals surface area contributed by atoms with Crippen LogP contribution in [0.4, 0.5) is 10.3 Å². The minimum atomic E-state index is -0.442. The second kappa shape index (κ2) is 9.08. The van der Waals surface area contributed by atoms with Gasteiger partial charge in [0.1, 0.15) is 23.6 Å². The number of ether oxygens (including phenoxy) is 2. The van der Waals surface area contributed by atoms with Gasteiger partial charge in [-0.3, -0.25) is 10.1 Å². The molecule has 1 N–H and O–H groups in total. The molecule has 2 aromatic carbocycles. The Morgan fingerprint density at radius 3 is 2.48 bits per heavy atom. The van der Waals surface area contributed by atoms with Crippen molar-refractivity contribution in [3.8, 4) is 11.5 Å². The third kappa shape index (κ3) is 5.24. The molecule has 0 aliphatic rings. The van der Waals surface area contributed by atoms with E-state index in [0.29, 0.717) is 12.3 Å². The van der Waals surface area contributed by atoms with Crippen LogP contribution in [0.2, 0.25) is 0 Å². The van der Waals surface area contributed by atoms with Crippen molar-refractivity contribution >= 4 is 11.9 Å². The maximum absolute atomic E-state index is 13.0. The van der Waals surface area contributed by atoms with Crippen molar-refractivity contribution in [2.24, 2.45) is 0 Å². The Kier molecular flexibility index (Phi) is 5.88. The quantitative estimate of drug-likeness (QED) is 0.469. The van der Waals surface area contributed by atoms with E-state index in [1.54, 1.807) is 60.5 Å². The van der Waals surface area contributed by atoms with Gasteiger partial charge in [0.2, 0.25) is 5.95 Å². The van der Waals surface area contributed by atoms with Crippen LogP contribution in [0.5, 0.6) is 11.5 Å². The summed E-state index contributed by atoms with van der Waals surface area (Å²) in [5, 5.41) is 11.0. The molecule has 0 unspecified atom stereocenters. The summed E-state index contributed by atoms with van der Waals surface area (Å²) in [6.45, 7) is 0.546. The standard InChI is InChI=1S/C21H19FN6O3/c1-30-17-6-8-18(9-7-17)31-14-27-11-10-19(25-27)20(29)24-21-23-13-28(26-21)12-15-2-4-16(22)5-3-15/h2-11,13H,12,14H2,1H3,(H,24,26,29). The lowest BCUT2D eigenvalue weighted by Crippen LogP contribution is -2.15. The molecule has 0 radical (unpaired) electrons. The molecule has 4 rings (SSSR count). The van der Waals surface area contributed by atoms with Crippen LogP contribution in [0.3, 0.4) is 0 Å². The first kappa shape index (κ1) is 20.1. The van der Waals surface area contributed by atoms with Crippen molar-refractivity contribution in [3.05, 3.63) is 84.2 Å². The molecule has 1 amide bonds. The summed E-state index contributed by atoms with van der Waals surface area (Å²) in [7, 11) is 1.59. The molecular weight excluding hydrogens is 403 g/mol. The Bertz CT molecular complexity index is 1150. The zero-order valence-corrected chi connectivity index (χ0v) is 16.6. The van der Waals surface area contributed by atoms with Gasteiger partial charge in [0, 0.05) is 6.20 Å². The Hall–Kier alpha value is -4.21. The molecule has 10 heteroatoms. The molecule has 4 aromatic rings. The summed E-state index contributed by atoms with van der Waals surface area (Å²) in [6, 6.07) is 14.8. The predicted molar refractivity (Wildman–Crippen MR) is 109 cm³/mol. The third-order valence-electron chi connectivity index (χ3n) is 4.32. The van der Waals surface area contributed by atoms with Crippen molar-refractivity contribution in [2.75, 3.05) is 12.4 Å². The number of anilines is 1. The summed E-state index contributed by atoms with van der Waals surface area (Å²) in [5.74, 6) is 0.792. The second-order valence-electron chi connectivity index (χ2n) is 6.54. The first-order valence-corrected chi connectivity index (χ1v) is 9.34. The first-order chi connectivity index (χ1) is 15.1. The predicted octanol–water partition coefficient (Wildman–Crippen LogP) is 2.96. The van der Waals surface area contributed by atoms with Gasteiger partial charge < -0.3 is 9.47 Å². The fourth-order valence-corrected chi connectivity index (χ4v) is 2.74. The highest BCUT2D eigenvalue weighted by molar-refractivity contribution is 6.01. The van der Waals surface area contributed by atoms with Crippen LogP contribution in [-0.4, -0.2) is 37.6 Å². The molecule has 0 fully saturated rings. The molecule has 0 spiro atoms. The van der Waals surface area contributed by atoms with Gasteiger partial charge in [-0.2, -0.15) is 5.10 Å². The van der Waals surface area contributed by atoms with E-state index in [1.165, 1.54) is 23.1 Å². The summed E-state index contributed by atoms with van der Waals surface area (Å²) < 4.78 is 26.8. The zero-order chi connectivity index (χ0) is 21.6. The molecule has 0 bridgehead atoms. The molecule has 9 nitrogen and oxygen atoms in total. The Morgan fingerprint density at radius 2 is 1.74 bits per heavy atom. The first-order valence-electron chi connectivity index (χ1n) is 9.34. The molecule has 0 saturated carbocycles. The minimum Gasteiger partial charge on any atom is -0.497 e. The molecule has 0 aliphatic carbocycles. The van der Waals surface area contributed by atoms with Crippen molar-refractivity contribution in [1.82, 2.24) is 24.5 Å². The van der Waals surface area contributed by atoms with Crippen LogP contribution >= 0.6 is 0 Å². The monoisotopic (exact) mass is 422 g/mol. The van der Waals surface area contributed by atoms with E-state index >= 15 is 0 Å². The highest BCUT2D eigenvalue weighted by Gasteiger charge is 2.13. The lowest BCUT2D eigenvalue weighted by Gasteiger charge is -2.07. The van der Waals surface area contributed by atoms with E-state index in [2.05, 4.69) is 20.5 Å². The average molecular weight is 422 g/mol. The van der Waals surface area contributed by atoms with Crippen molar-refractivity contribution in [3.63, 3.8) is 0 Å². The SMILES string of the molecule is COc1ccc(OCn2ccc(C(=O)Nc3ncn(Cc4ccc(F)cc4)n3)n2)cc1. The van der Waals surface area contributed by atoms with E-state index in [1.807, 2.05) is 0 Å². The van der Waals surface area contributed by atoms with E-state index in [9.17, 15) is 9.18 Å². The largest absolute Gasteiger partial charge is 0.497 e. The molecule has 2 aromatic heterocycles. The second-order valence-corrected chi connectivity index (χ2v) is 6.54. The molecule has 0 atom stereocenters. The van der Waals surface area contributed by atoms with Crippen LogP contribution in [0.1, 0.15) is 16.1 Å². The number of methoxy groups -OCH3 is 1. The lowest BCUT2D eigenvalue weighted by molar-refractivity contribution is 0.101. The topological polar surface area (TPSA) is 96.1 Å². The molecule has 158 valence electrons. The fraction of sp³-hybridized carbons (Fsp3) is 0.143. The normalized spacial score (nSPS) is 10.6. The van der Waals surface area contributed by atoms with Gasteiger partial charge in [0.25, 0.3) is 5.91 Å². The maximum atomic E-state index is 13.0. The molecule has 2 heterocycles. The smallest absolute Gasteiger partial charge is 0.278 e. The number of nitrogens with zero attached hydrogens (tertiary/aromatic N) is 5. The minimum absolute atomic E-state index is 0.143. The molecule has 31 heavy (non-hydrogen) atoms. The molecule has 0 saturated heterocycles. The van der Waals surface area contributed by atoms with Gasteiger partial charge in [-0.25, -0.2) is 18.7 Å². The van der Waals surface area contributed by atoms with Crippen molar-refractivity contribution in [2.45, 2.75) is 13.3 Å². The van der Waals surface area contributed by atoms with Crippen LogP contribution in [0.15, 0.2) is 67.1 Å². The summed E-state index contributed by atoms with van der Waals surface area (Å²) in [5.41, 5.74) is 1.06. The molecular formula is C21H19FN6O3. The van der Waals surface area contributed by atoms with Crippen LogP contribution < -0.4 is 14.8 Å². The summed E-state index contributed by atoms with van der Waals surface area (Å²) >= 11 is 0.